The summed E-state index contributed by atoms with van der Waals surface area (Å²) in [5.41, 5.74) is 1.91. The average Bonchev–Trinajstić information content (AvgIpc) is 3.27. The molecule has 2 aromatic carbocycles. The van der Waals surface area contributed by atoms with E-state index >= 15 is 0 Å². The summed E-state index contributed by atoms with van der Waals surface area (Å²) in [5, 5.41) is 28.2. The van der Waals surface area contributed by atoms with Gasteiger partial charge in [0.2, 0.25) is 0 Å². The van der Waals surface area contributed by atoms with Gasteiger partial charge >= 0.3 is 11.9 Å². The van der Waals surface area contributed by atoms with Crippen molar-refractivity contribution < 1.29 is 24.5 Å². The van der Waals surface area contributed by atoms with Crippen molar-refractivity contribution >= 4 is 36.5 Å². The van der Waals surface area contributed by atoms with Crippen LogP contribution >= 0.6 is 12.6 Å². The lowest BCUT2D eigenvalue weighted by Gasteiger charge is -1.99. The molecule has 1 atom stereocenters. The van der Waals surface area contributed by atoms with E-state index in [1.165, 1.54) is 12.1 Å². The number of aromatic carboxylic acids is 1. The van der Waals surface area contributed by atoms with Gasteiger partial charge in [-0.2, -0.15) is 12.6 Å². The molecule has 0 aliphatic rings. The van der Waals surface area contributed by atoms with E-state index < -0.39 is 17.2 Å². The molecule has 3 rings (SSSR count). The number of benzene rings is 2. The number of ether oxygens (including phenoxy) is 1. The molecule has 0 aliphatic heterocycles. The number of H-pyrrole nitrogens is 1. The molecule has 0 saturated carbocycles. The summed E-state index contributed by atoms with van der Waals surface area (Å²) in [7, 11) is 1.62. The Balaban J connectivity index is 0.000000253. The number of carboxylic acids is 2. The fraction of sp³-hybridized carbons (Fsp3) is 0.111. The van der Waals surface area contributed by atoms with Gasteiger partial charge in [-0.3, -0.25) is 9.79 Å². The molecule has 3 aromatic rings. The maximum Gasteiger partial charge on any atom is 0.335 e. The Hall–Kier alpha value is -3.73. The third kappa shape index (κ3) is 6.74. The van der Waals surface area contributed by atoms with Crippen LogP contribution in [-0.2, 0) is 4.79 Å². The lowest BCUT2D eigenvalue weighted by Crippen LogP contribution is -2.06. The van der Waals surface area contributed by atoms with Crippen molar-refractivity contribution in [2.24, 2.45) is 4.99 Å². The quantitative estimate of drug-likeness (QED) is 0.354. The van der Waals surface area contributed by atoms with Crippen molar-refractivity contribution in [3.63, 3.8) is 0 Å². The number of aliphatic imine (C=N–C) groups is 1. The van der Waals surface area contributed by atoms with E-state index in [4.69, 9.17) is 14.9 Å². The number of carboxylic acid groups (broad SMARTS) is 2. The first kappa shape index (κ1) is 21.6. The monoisotopic (exact) mass is 415 g/mol. The topological polar surface area (TPSA) is 151 Å². The normalized spacial score (nSPS) is 11.4. The Morgan fingerprint density at radius 2 is 1.79 bits per heavy atom. The first-order valence-electron chi connectivity index (χ1n) is 8.06. The maximum atomic E-state index is 10.7. The Morgan fingerprint density at radius 1 is 1.14 bits per heavy atom. The van der Waals surface area contributed by atoms with Gasteiger partial charge in [0.1, 0.15) is 5.75 Å². The van der Waals surface area contributed by atoms with Crippen LogP contribution in [0.5, 0.6) is 5.75 Å². The third-order valence-electron chi connectivity index (χ3n) is 3.45. The number of nitrogens with zero attached hydrogens (tertiary/aromatic N) is 4. The molecule has 0 spiro atoms. The number of hydrogen-bond acceptors (Lipinski definition) is 8. The molecule has 1 aromatic heterocycles. The second kappa shape index (κ2) is 10.6. The van der Waals surface area contributed by atoms with Crippen LogP contribution in [0.25, 0.3) is 0 Å². The third-order valence-corrected chi connectivity index (χ3v) is 3.91. The summed E-state index contributed by atoms with van der Waals surface area (Å²) in [6, 6.07) is 13.9. The van der Waals surface area contributed by atoms with Crippen molar-refractivity contribution in [1.82, 2.24) is 20.6 Å². The van der Waals surface area contributed by atoms with Crippen LogP contribution < -0.4 is 4.74 Å². The summed E-state index contributed by atoms with van der Waals surface area (Å²) >= 11 is 3.71. The van der Waals surface area contributed by atoms with Gasteiger partial charge in [-0.15, -0.1) is 5.10 Å². The first-order chi connectivity index (χ1) is 13.9. The second-order valence-corrected chi connectivity index (χ2v) is 5.93. The van der Waals surface area contributed by atoms with Crippen LogP contribution in [-0.4, -0.2) is 56.1 Å². The highest BCUT2D eigenvalue weighted by Crippen LogP contribution is 2.15. The minimum atomic E-state index is -1.08. The summed E-state index contributed by atoms with van der Waals surface area (Å²) in [6.07, 6.45) is 1.72. The molecule has 0 saturated heterocycles. The maximum absolute atomic E-state index is 10.7. The molecule has 0 bridgehead atoms. The average molecular weight is 415 g/mol. The predicted molar refractivity (Wildman–Crippen MR) is 107 cm³/mol. The number of aromatic amines is 1. The van der Waals surface area contributed by atoms with Crippen molar-refractivity contribution in [2.75, 3.05) is 7.11 Å². The summed E-state index contributed by atoms with van der Waals surface area (Å²) in [6.45, 7) is 0. The van der Waals surface area contributed by atoms with Crippen molar-refractivity contribution in [2.45, 2.75) is 5.25 Å². The standard InChI is InChI=1S/C15H13NO3.C3H4N4O2S/c1-19-14-8-2-11(3-9-14)10-16-13-6-4-12(5-7-13)15(17)18;8-3(9)1(10)2-4-6-7-5-2/h2-10H,1H3,(H,17,18);1,10H,(H,8,9)(H,4,5,6,7)/b16-10+;. The number of aromatic nitrogens is 4. The van der Waals surface area contributed by atoms with Crippen molar-refractivity contribution in [1.29, 1.82) is 0 Å². The molecule has 11 heteroatoms. The van der Waals surface area contributed by atoms with Gasteiger partial charge < -0.3 is 14.9 Å². The second-order valence-electron chi connectivity index (χ2n) is 5.41. The summed E-state index contributed by atoms with van der Waals surface area (Å²) in [5.74, 6) is -1.09. The SMILES string of the molecule is COc1ccc(/C=N/c2ccc(C(=O)O)cc2)cc1.O=C(O)C(S)c1nnn[nH]1. The largest absolute Gasteiger partial charge is 0.497 e. The number of carbonyl (C=O) groups is 2. The Labute approximate surface area is 170 Å². The molecule has 29 heavy (non-hydrogen) atoms. The van der Waals surface area contributed by atoms with Gasteiger partial charge in [0.25, 0.3) is 0 Å². The fourth-order valence-corrected chi connectivity index (χ4v) is 2.04. The molecule has 150 valence electrons. The van der Waals surface area contributed by atoms with E-state index in [2.05, 4.69) is 38.2 Å². The van der Waals surface area contributed by atoms with Crippen LogP contribution in [0.15, 0.2) is 53.5 Å². The van der Waals surface area contributed by atoms with E-state index in [1.54, 1.807) is 25.5 Å². The minimum absolute atomic E-state index is 0.135. The fourth-order valence-electron chi connectivity index (χ4n) is 1.93. The molecular weight excluding hydrogens is 398 g/mol. The number of rotatable bonds is 6. The highest BCUT2D eigenvalue weighted by molar-refractivity contribution is 7.81. The molecule has 1 heterocycles. The van der Waals surface area contributed by atoms with Crippen molar-refractivity contribution in [3.05, 3.63) is 65.5 Å². The summed E-state index contributed by atoms with van der Waals surface area (Å²) < 4.78 is 5.07. The van der Waals surface area contributed by atoms with E-state index in [9.17, 15) is 9.59 Å². The van der Waals surface area contributed by atoms with Gasteiger partial charge in [0.15, 0.2) is 11.1 Å². The lowest BCUT2D eigenvalue weighted by atomic mass is 10.2. The number of nitrogens with one attached hydrogen (secondary N) is 1. The van der Waals surface area contributed by atoms with Crippen LogP contribution in [0.2, 0.25) is 0 Å². The molecule has 0 radical (unpaired) electrons. The number of aliphatic carboxylic acids is 1. The zero-order chi connectivity index (χ0) is 21.2. The zero-order valence-electron chi connectivity index (χ0n) is 15.1. The summed E-state index contributed by atoms with van der Waals surface area (Å²) in [4.78, 5) is 25.2. The van der Waals surface area contributed by atoms with Gasteiger partial charge in [0, 0.05) is 6.21 Å². The molecule has 0 amide bonds. The van der Waals surface area contributed by atoms with Gasteiger partial charge in [-0.05, 0) is 64.5 Å². The molecule has 0 fully saturated rings. The first-order valence-corrected chi connectivity index (χ1v) is 8.58. The Kier molecular flexibility index (Phi) is 7.86. The molecule has 0 aliphatic carbocycles. The van der Waals surface area contributed by atoms with E-state index in [0.717, 1.165) is 11.3 Å². The highest BCUT2D eigenvalue weighted by atomic mass is 32.1. The van der Waals surface area contributed by atoms with Gasteiger partial charge in [0.05, 0.1) is 18.4 Å². The van der Waals surface area contributed by atoms with Crippen molar-refractivity contribution in [3.8, 4) is 5.75 Å². The van der Waals surface area contributed by atoms with Gasteiger partial charge in [-0.25, -0.2) is 9.89 Å². The number of hydrogen-bond donors (Lipinski definition) is 4. The Bertz CT molecular complexity index is 959. The Morgan fingerprint density at radius 3 is 2.28 bits per heavy atom. The number of tetrazole rings is 1. The lowest BCUT2D eigenvalue weighted by molar-refractivity contribution is -0.136. The highest BCUT2D eigenvalue weighted by Gasteiger charge is 2.17. The predicted octanol–water partition coefficient (Wildman–Crippen LogP) is 2.40. The van der Waals surface area contributed by atoms with E-state index in [1.807, 2.05) is 24.3 Å². The molecule has 1 unspecified atom stereocenters. The van der Waals surface area contributed by atoms with Crippen LogP contribution in [0.1, 0.15) is 27.0 Å². The van der Waals surface area contributed by atoms with E-state index in [-0.39, 0.29) is 11.4 Å². The van der Waals surface area contributed by atoms with E-state index in [0.29, 0.717) is 5.69 Å². The molecular formula is C18H17N5O5S. The molecule has 3 N–H and O–H groups in total. The van der Waals surface area contributed by atoms with Crippen LogP contribution in [0.3, 0.4) is 0 Å². The smallest absolute Gasteiger partial charge is 0.335 e. The zero-order valence-corrected chi connectivity index (χ0v) is 16.0. The number of thiol groups is 1. The minimum Gasteiger partial charge on any atom is -0.497 e. The van der Waals surface area contributed by atoms with Crippen LogP contribution in [0, 0.1) is 0 Å². The molecule has 10 nitrogen and oxygen atoms in total. The van der Waals surface area contributed by atoms with Crippen LogP contribution in [0.4, 0.5) is 5.69 Å². The van der Waals surface area contributed by atoms with Gasteiger partial charge in [-0.1, -0.05) is 0 Å². The number of methoxy groups -OCH3 is 1.